The zero-order valence-electron chi connectivity index (χ0n) is 14.3. The Labute approximate surface area is 164 Å². The van der Waals surface area contributed by atoms with Crippen LogP contribution < -0.4 is 5.32 Å². The molecule has 0 aliphatic heterocycles. The zero-order chi connectivity index (χ0) is 18.5. The molecule has 0 saturated heterocycles. The molecule has 0 aliphatic carbocycles. The lowest BCUT2D eigenvalue weighted by molar-refractivity contribution is -0.116. The minimum absolute atomic E-state index is 0.0204. The summed E-state index contributed by atoms with van der Waals surface area (Å²) in [4.78, 5) is 25.2. The van der Waals surface area contributed by atoms with Gasteiger partial charge in [-0.1, -0.05) is 0 Å². The minimum atomic E-state index is -0.0204. The Morgan fingerprint density at radius 1 is 1.00 bits per heavy atom. The van der Waals surface area contributed by atoms with Crippen molar-refractivity contribution < 1.29 is 4.79 Å². The Morgan fingerprint density at radius 2 is 1.89 bits per heavy atom. The van der Waals surface area contributed by atoms with Crippen LogP contribution in [0.4, 0.5) is 5.69 Å². The van der Waals surface area contributed by atoms with Crippen LogP contribution in [-0.2, 0) is 11.2 Å². The van der Waals surface area contributed by atoms with E-state index in [0.717, 1.165) is 32.5 Å². The van der Waals surface area contributed by atoms with Crippen molar-refractivity contribution in [2.45, 2.75) is 12.8 Å². The van der Waals surface area contributed by atoms with Crippen LogP contribution in [0.2, 0.25) is 0 Å². The number of aromatic nitrogens is 3. The predicted molar refractivity (Wildman–Crippen MR) is 110 cm³/mol. The van der Waals surface area contributed by atoms with Gasteiger partial charge in [0.25, 0.3) is 0 Å². The molecule has 0 atom stereocenters. The van der Waals surface area contributed by atoms with Gasteiger partial charge in [0.1, 0.15) is 10.0 Å². The van der Waals surface area contributed by atoms with Gasteiger partial charge < -0.3 is 5.32 Å². The maximum absolute atomic E-state index is 12.2. The second kappa shape index (κ2) is 8.20. The van der Waals surface area contributed by atoms with Gasteiger partial charge >= 0.3 is 0 Å². The number of nitrogens with zero attached hydrogens (tertiary/aromatic N) is 3. The van der Waals surface area contributed by atoms with Gasteiger partial charge in [0.15, 0.2) is 0 Å². The molecular formula is C20H16N4OS2. The van der Waals surface area contributed by atoms with Crippen molar-refractivity contribution in [2.24, 2.45) is 0 Å². The van der Waals surface area contributed by atoms with E-state index in [4.69, 9.17) is 0 Å². The topological polar surface area (TPSA) is 67.8 Å². The van der Waals surface area contributed by atoms with Gasteiger partial charge in [-0.05, 0) is 42.8 Å². The first-order valence-corrected chi connectivity index (χ1v) is 10.2. The van der Waals surface area contributed by atoms with Gasteiger partial charge in [0.05, 0.1) is 5.69 Å². The summed E-state index contributed by atoms with van der Waals surface area (Å²) in [5, 5.41) is 8.78. The van der Waals surface area contributed by atoms with Gasteiger partial charge in [-0.3, -0.25) is 9.78 Å². The lowest BCUT2D eigenvalue weighted by Crippen LogP contribution is -2.12. The normalized spacial score (nSPS) is 10.7. The van der Waals surface area contributed by atoms with E-state index < -0.39 is 0 Å². The monoisotopic (exact) mass is 392 g/mol. The number of amides is 1. The van der Waals surface area contributed by atoms with Crippen LogP contribution in [0.1, 0.15) is 12.1 Å². The summed E-state index contributed by atoms with van der Waals surface area (Å²) in [5.41, 5.74) is 3.76. The number of anilines is 1. The van der Waals surface area contributed by atoms with E-state index in [-0.39, 0.29) is 5.91 Å². The molecule has 0 spiro atoms. The molecule has 1 amide bonds. The third-order valence-electron chi connectivity index (χ3n) is 3.92. The van der Waals surface area contributed by atoms with Crippen molar-refractivity contribution in [2.75, 3.05) is 5.32 Å². The summed E-state index contributed by atoms with van der Waals surface area (Å²) < 4.78 is 0. The molecule has 0 fully saturated rings. The highest BCUT2D eigenvalue weighted by atomic mass is 32.1. The van der Waals surface area contributed by atoms with Crippen molar-refractivity contribution in [1.29, 1.82) is 0 Å². The molecule has 1 N–H and O–H groups in total. The third-order valence-corrected chi connectivity index (χ3v) is 5.68. The number of pyridine rings is 1. The molecule has 4 aromatic rings. The van der Waals surface area contributed by atoms with Crippen molar-refractivity contribution in [1.82, 2.24) is 15.0 Å². The Balaban J connectivity index is 1.32. The van der Waals surface area contributed by atoms with Crippen LogP contribution in [-0.4, -0.2) is 20.9 Å². The maximum Gasteiger partial charge on any atom is 0.224 e. The number of hydrogen-bond acceptors (Lipinski definition) is 6. The van der Waals surface area contributed by atoms with Crippen molar-refractivity contribution in [3.8, 4) is 21.1 Å². The van der Waals surface area contributed by atoms with Gasteiger partial charge in [0, 0.05) is 52.6 Å². The highest BCUT2D eigenvalue weighted by Crippen LogP contribution is 2.24. The first-order valence-electron chi connectivity index (χ1n) is 8.42. The molecule has 7 heteroatoms. The molecule has 5 nitrogen and oxygen atoms in total. The molecule has 0 aliphatic rings. The van der Waals surface area contributed by atoms with E-state index in [1.54, 1.807) is 41.3 Å². The Morgan fingerprint density at radius 3 is 2.63 bits per heavy atom. The fourth-order valence-corrected chi connectivity index (χ4v) is 4.06. The SMILES string of the molecule is O=C(CCc1csc(-c2cccnc2)n1)Nc1ccc(-c2nccs2)cc1. The molecule has 0 unspecified atom stereocenters. The average Bonchev–Trinajstić information content (AvgIpc) is 3.40. The molecule has 3 heterocycles. The summed E-state index contributed by atoms with van der Waals surface area (Å²) in [6, 6.07) is 11.6. The number of benzene rings is 1. The fraction of sp³-hybridized carbons (Fsp3) is 0.100. The lowest BCUT2D eigenvalue weighted by Gasteiger charge is -2.05. The van der Waals surface area contributed by atoms with Crippen LogP contribution in [0.3, 0.4) is 0 Å². The van der Waals surface area contributed by atoms with E-state index >= 15 is 0 Å². The highest BCUT2D eigenvalue weighted by molar-refractivity contribution is 7.13. The summed E-state index contributed by atoms with van der Waals surface area (Å²) in [7, 11) is 0. The fourth-order valence-electron chi connectivity index (χ4n) is 2.57. The number of carbonyl (C=O) groups is 1. The summed E-state index contributed by atoms with van der Waals surface area (Å²) >= 11 is 3.16. The second-order valence-corrected chi connectivity index (χ2v) is 7.60. The summed E-state index contributed by atoms with van der Waals surface area (Å²) in [5.74, 6) is -0.0204. The number of carbonyl (C=O) groups excluding carboxylic acids is 1. The molecule has 1 aromatic carbocycles. The van der Waals surface area contributed by atoms with Crippen LogP contribution in [0.15, 0.2) is 65.7 Å². The van der Waals surface area contributed by atoms with Crippen molar-refractivity contribution >= 4 is 34.3 Å². The maximum atomic E-state index is 12.2. The molecule has 134 valence electrons. The van der Waals surface area contributed by atoms with E-state index in [1.807, 2.05) is 47.2 Å². The molecule has 27 heavy (non-hydrogen) atoms. The Kier molecular flexibility index (Phi) is 5.32. The molecule has 0 bridgehead atoms. The first kappa shape index (κ1) is 17.5. The number of thiazole rings is 2. The second-order valence-electron chi connectivity index (χ2n) is 5.85. The van der Waals surface area contributed by atoms with E-state index in [9.17, 15) is 4.79 Å². The lowest BCUT2D eigenvalue weighted by atomic mass is 10.2. The van der Waals surface area contributed by atoms with E-state index in [1.165, 1.54) is 0 Å². The smallest absolute Gasteiger partial charge is 0.224 e. The number of aryl methyl sites for hydroxylation is 1. The third kappa shape index (κ3) is 4.45. The largest absolute Gasteiger partial charge is 0.326 e. The quantitative estimate of drug-likeness (QED) is 0.507. The first-order chi connectivity index (χ1) is 13.3. The standard InChI is InChI=1S/C20H16N4OS2/c25-18(23-16-5-3-14(4-6-16)19-22-10-11-26-19)8-7-17-13-27-20(24-17)15-2-1-9-21-12-15/h1-6,9-13H,7-8H2,(H,23,25). The summed E-state index contributed by atoms with van der Waals surface area (Å²) in [6.07, 6.45) is 6.33. The van der Waals surface area contributed by atoms with Crippen molar-refractivity contribution in [3.05, 3.63) is 71.4 Å². The van der Waals surface area contributed by atoms with Gasteiger partial charge in [-0.25, -0.2) is 9.97 Å². The van der Waals surface area contributed by atoms with Gasteiger partial charge in [0.2, 0.25) is 5.91 Å². The van der Waals surface area contributed by atoms with E-state index in [0.29, 0.717) is 12.8 Å². The molecule has 3 aromatic heterocycles. The highest BCUT2D eigenvalue weighted by Gasteiger charge is 2.08. The van der Waals surface area contributed by atoms with Crippen LogP contribution in [0.5, 0.6) is 0 Å². The zero-order valence-corrected chi connectivity index (χ0v) is 16.0. The molecule has 4 rings (SSSR count). The molecule has 0 saturated carbocycles. The number of nitrogens with one attached hydrogen (secondary N) is 1. The van der Waals surface area contributed by atoms with Crippen LogP contribution >= 0.6 is 22.7 Å². The van der Waals surface area contributed by atoms with E-state index in [2.05, 4.69) is 20.3 Å². The van der Waals surface area contributed by atoms with Gasteiger partial charge in [-0.2, -0.15) is 0 Å². The number of rotatable bonds is 6. The molecule has 0 radical (unpaired) electrons. The molecular weight excluding hydrogens is 376 g/mol. The number of hydrogen-bond donors (Lipinski definition) is 1. The van der Waals surface area contributed by atoms with Crippen molar-refractivity contribution in [3.63, 3.8) is 0 Å². The Hall–Kier alpha value is -2.90. The summed E-state index contributed by atoms with van der Waals surface area (Å²) in [6.45, 7) is 0. The Bertz CT molecular complexity index is 1010. The van der Waals surface area contributed by atoms with Crippen LogP contribution in [0, 0.1) is 0 Å². The van der Waals surface area contributed by atoms with Crippen LogP contribution in [0.25, 0.3) is 21.1 Å². The average molecular weight is 393 g/mol. The van der Waals surface area contributed by atoms with Gasteiger partial charge in [-0.15, -0.1) is 22.7 Å². The predicted octanol–water partition coefficient (Wildman–Crippen LogP) is 4.90. The minimum Gasteiger partial charge on any atom is -0.326 e.